The van der Waals surface area contributed by atoms with E-state index in [0.717, 1.165) is 0 Å². The maximum atomic E-state index is 10.1. The summed E-state index contributed by atoms with van der Waals surface area (Å²) in [5.74, 6) is 0. The topological polar surface area (TPSA) is 167 Å². The molecule has 0 saturated carbocycles. The van der Waals surface area contributed by atoms with E-state index in [-0.39, 0.29) is 6.61 Å². The van der Waals surface area contributed by atoms with Gasteiger partial charge in [-0.05, 0) is 5.53 Å². The Morgan fingerprint density at radius 1 is 0.410 bits per heavy atom. The predicted octanol–water partition coefficient (Wildman–Crippen LogP) is 0.678. The van der Waals surface area contributed by atoms with Crippen LogP contribution in [0.1, 0.15) is 0 Å². The number of carbonyl (C=O) groups excluding carboxylic acids is 1. The summed E-state index contributed by atoms with van der Waals surface area (Å²) in [4.78, 5) is 12.7. The van der Waals surface area contributed by atoms with Gasteiger partial charge < -0.3 is 56.9 Å². The zero-order valence-corrected chi connectivity index (χ0v) is 23.1. The van der Waals surface area contributed by atoms with E-state index in [2.05, 4.69) is 10.0 Å². The van der Waals surface area contributed by atoms with E-state index in [4.69, 9.17) is 57.6 Å². The largest absolute Gasteiger partial charge is 0.379 e. The Balaban J connectivity index is 3.03. The monoisotopic (exact) mass is 569 g/mol. The Morgan fingerprint density at radius 2 is 0.641 bits per heavy atom. The number of aldehydes is 1. The minimum atomic E-state index is 0.0972. The molecule has 230 valence electrons. The number of rotatable bonds is 35. The number of azide groups is 1. The third-order valence-corrected chi connectivity index (χ3v) is 4.30. The molecule has 0 bridgehead atoms. The first-order valence-electron chi connectivity index (χ1n) is 13.2. The first-order valence-corrected chi connectivity index (χ1v) is 13.2. The van der Waals surface area contributed by atoms with Crippen molar-refractivity contribution in [2.24, 2.45) is 5.11 Å². The number of hydrogen-bond acceptors (Lipinski definition) is 13. The van der Waals surface area contributed by atoms with Crippen LogP contribution in [0.4, 0.5) is 0 Å². The predicted molar refractivity (Wildman–Crippen MR) is 139 cm³/mol. The smallest absolute Gasteiger partial charge is 0.145 e. The van der Waals surface area contributed by atoms with Gasteiger partial charge in [-0.1, -0.05) is 5.11 Å². The Morgan fingerprint density at radius 3 is 0.872 bits per heavy atom. The second kappa shape index (κ2) is 36.5. The molecule has 0 aliphatic heterocycles. The Labute approximate surface area is 231 Å². The quantitative estimate of drug-likeness (QED) is 0.0345. The highest BCUT2D eigenvalue weighted by molar-refractivity contribution is 5.50. The molecule has 0 saturated heterocycles. The van der Waals surface area contributed by atoms with Crippen molar-refractivity contribution >= 4 is 6.29 Å². The molecule has 0 spiro atoms. The Hall–Kier alpha value is -1.46. The molecule has 0 rings (SSSR count). The van der Waals surface area contributed by atoms with Crippen LogP contribution in [-0.4, -0.2) is 158 Å². The molecule has 0 aromatic carbocycles. The van der Waals surface area contributed by atoms with E-state index in [1.54, 1.807) is 0 Å². The summed E-state index contributed by atoms with van der Waals surface area (Å²) in [7, 11) is 0. The minimum absolute atomic E-state index is 0.0972. The van der Waals surface area contributed by atoms with Gasteiger partial charge in [-0.25, -0.2) is 0 Å². The van der Waals surface area contributed by atoms with Crippen LogP contribution in [-0.2, 0) is 56.9 Å². The molecule has 15 heteroatoms. The summed E-state index contributed by atoms with van der Waals surface area (Å²) in [6, 6.07) is 0. The minimum Gasteiger partial charge on any atom is -0.379 e. The average molecular weight is 570 g/mol. The van der Waals surface area contributed by atoms with E-state index in [1.807, 2.05) is 0 Å². The van der Waals surface area contributed by atoms with Gasteiger partial charge in [-0.15, -0.1) is 0 Å². The van der Waals surface area contributed by atoms with Crippen molar-refractivity contribution in [3.8, 4) is 0 Å². The van der Waals surface area contributed by atoms with E-state index in [9.17, 15) is 4.79 Å². The highest BCUT2D eigenvalue weighted by atomic mass is 16.6. The van der Waals surface area contributed by atoms with Crippen LogP contribution in [0.2, 0.25) is 0 Å². The molecule has 15 nitrogen and oxygen atoms in total. The van der Waals surface area contributed by atoms with Crippen molar-refractivity contribution in [2.75, 3.05) is 152 Å². The molecule has 0 aliphatic carbocycles. The molecular weight excluding hydrogens is 522 g/mol. The fourth-order valence-electron chi connectivity index (χ4n) is 2.48. The fraction of sp³-hybridized carbons (Fsp3) is 0.958. The van der Waals surface area contributed by atoms with Gasteiger partial charge in [0.25, 0.3) is 0 Å². The molecular formula is C24H47N3O12. The summed E-state index contributed by atoms with van der Waals surface area (Å²) in [6.45, 7) is 10.4. The van der Waals surface area contributed by atoms with Crippen LogP contribution < -0.4 is 0 Å². The Kier molecular flexibility index (Phi) is 35.2. The van der Waals surface area contributed by atoms with Gasteiger partial charge in [0.2, 0.25) is 0 Å². The van der Waals surface area contributed by atoms with Gasteiger partial charge in [0.1, 0.15) is 12.9 Å². The lowest BCUT2D eigenvalue weighted by atomic mass is 10.6. The SMILES string of the molecule is [N-]=[N+]=NCCOCCOCCOCCOCCOCCOCCOCCOCCOCCOCCOCC=O. The van der Waals surface area contributed by atoms with Crippen molar-refractivity contribution in [2.45, 2.75) is 0 Å². The van der Waals surface area contributed by atoms with Crippen molar-refractivity contribution in [3.05, 3.63) is 10.4 Å². The van der Waals surface area contributed by atoms with E-state index in [1.165, 1.54) is 0 Å². The van der Waals surface area contributed by atoms with E-state index < -0.39 is 0 Å². The van der Waals surface area contributed by atoms with Gasteiger partial charge in [0.15, 0.2) is 0 Å². The molecule has 0 aromatic heterocycles. The van der Waals surface area contributed by atoms with Gasteiger partial charge in [0.05, 0.1) is 139 Å². The third kappa shape index (κ3) is 36.5. The fourth-order valence-corrected chi connectivity index (χ4v) is 2.48. The highest BCUT2D eigenvalue weighted by Gasteiger charge is 1.96. The highest BCUT2D eigenvalue weighted by Crippen LogP contribution is 1.87. The molecule has 0 amide bonds. The molecule has 0 atom stereocenters. The average Bonchev–Trinajstić information content (AvgIpc) is 2.95. The summed E-state index contributed by atoms with van der Waals surface area (Å²) >= 11 is 0. The van der Waals surface area contributed by atoms with Gasteiger partial charge in [-0.3, -0.25) is 0 Å². The maximum Gasteiger partial charge on any atom is 0.145 e. The van der Waals surface area contributed by atoms with Crippen molar-refractivity contribution in [1.82, 2.24) is 0 Å². The second-order valence-corrected chi connectivity index (χ2v) is 7.32. The lowest BCUT2D eigenvalue weighted by Gasteiger charge is -2.09. The van der Waals surface area contributed by atoms with Gasteiger partial charge >= 0.3 is 0 Å². The van der Waals surface area contributed by atoms with Gasteiger partial charge in [-0.2, -0.15) is 0 Å². The van der Waals surface area contributed by atoms with Crippen LogP contribution in [0, 0.1) is 0 Å². The Bertz CT molecular complexity index is 531. The lowest BCUT2D eigenvalue weighted by Crippen LogP contribution is -2.15. The molecule has 0 aliphatic rings. The molecule has 0 aromatic rings. The normalized spacial score (nSPS) is 11.1. The van der Waals surface area contributed by atoms with Crippen molar-refractivity contribution in [3.63, 3.8) is 0 Å². The molecule has 0 heterocycles. The summed E-state index contributed by atoms with van der Waals surface area (Å²) in [5.41, 5.74) is 8.12. The number of carbonyl (C=O) groups is 1. The molecule has 0 fully saturated rings. The second-order valence-electron chi connectivity index (χ2n) is 7.32. The zero-order chi connectivity index (χ0) is 28.2. The molecule has 0 N–H and O–H groups in total. The third-order valence-electron chi connectivity index (χ3n) is 4.30. The van der Waals surface area contributed by atoms with Crippen LogP contribution in [0.25, 0.3) is 10.4 Å². The number of nitrogens with zero attached hydrogens (tertiary/aromatic N) is 3. The molecule has 39 heavy (non-hydrogen) atoms. The lowest BCUT2D eigenvalue weighted by molar-refractivity contribution is -0.112. The molecule has 0 radical (unpaired) electrons. The summed E-state index contributed by atoms with van der Waals surface area (Å²) < 4.78 is 58.7. The van der Waals surface area contributed by atoms with Gasteiger partial charge in [0, 0.05) is 11.5 Å². The summed E-state index contributed by atoms with van der Waals surface area (Å²) in [6.07, 6.45) is 0.708. The summed E-state index contributed by atoms with van der Waals surface area (Å²) in [5, 5.41) is 3.36. The zero-order valence-electron chi connectivity index (χ0n) is 23.1. The number of ether oxygens (including phenoxy) is 11. The standard InChI is InChI=1S/C24H47N3O12/c25-27-26-1-3-29-5-7-31-9-11-33-13-15-35-17-19-37-21-23-39-24-22-38-20-18-36-16-14-34-12-10-32-8-6-30-4-2-28/h2H,1,3-24H2. The van der Waals surface area contributed by atoms with E-state index in [0.29, 0.717) is 152 Å². The maximum absolute atomic E-state index is 10.1. The first kappa shape index (κ1) is 37.5. The van der Waals surface area contributed by atoms with Crippen LogP contribution in [0.5, 0.6) is 0 Å². The van der Waals surface area contributed by atoms with Crippen molar-refractivity contribution < 1.29 is 56.9 Å². The van der Waals surface area contributed by atoms with Crippen LogP contribution in [0.15, 0.2) is 5.11 Å². The van der Waals surface area contributed by atoms with Crippen molar-refractivity contribution in [1.29, 1.82) is 0 Å². The molecule has 0 unspecified atom stereocenters. The van der Waals surface area contributed by atoms with Crippen LogP contribution in [0.3, 0.4) is 0 Å². The van der Waals surface area contributed by atoms with Crippen LogP contribution >= 0.6 is 0 Å². The number of hydrogen-bond donors (Lipinski definition) is 0. The van der Waals surface area contributed by atoms with E-state index >= 15 is 0 Å². The first-order chi connectivity index (χ1) is 19.4.